The summed E-state index contributed by atoms with van der Waals surface area (Å²) in [4.78, 5) is 22.7. The monoisotopic (exact) mass is 440 g/mol. The molecule has 1 unspecified atom stereocenters. The van der Waals surface area contributed by atoms with Crippen molar-refractivity contribution in [3.8, 4) is 0 Å². The summed E-state index contributed by atoms with van der Waals surface area (Å²) in [5.74, 6) is 0. The van der Waals surface area contributed by atoms with Gasteiger partial charge in [0.2, 0.25) is 0 Å². The molecule has 33 heavy (non-hydrogen) atoms. The molecule has 0 saturated carbocycles. The third kappa shape index (κ3) is 4.79. The van der Waals surface area contributed by atoms with Crippen LogP contribution in [-0.4, -0.2) is 46.5 Å². The summed E-state index contributed by atoms with van der Waals surface area (Å²) in [6.45, 7) is 5.51. The van der Waals surface area contributed by atoms with Crippen molar-refractivity contribution in [3.63, 3.8) is 0 Å². The molecule has 1 saturated heterocycles. The molecule has 2 aromatic carbocycles. The quantitative estimate of drug-likeness (QED) is 0.639. The number of rotatable bonds is 4. The van der Waals surface area contributed by atoms with E-state index in [-0.39, 0.29) is 18.1 Å². The largest absolute Gasteiger partial charge is 0.338 e. The summed E-state index contributed by atoms with van der Waals surface area (Å²) in [6.07, 6.45) is 2.79. The van der Waals surface area contributed by atoms with Crippen molar-refractivity contribution in [2.45, 2.75) is 44.8 Å². The molecule has 5 nitrogen and oxygen atoms in total. The molecule has 1 atom stereocenters. The highest BCUT2D eigenvalue weighted by atomic mass is 16.2. The van der Waals surface area contributed by atoms with Gasteiger partial charge in [-0.3, -0.25) is 9.88 Å². The number of hydrogen-bond donors (Lipinski definition) is 1. The summed E-state index contributed by atoms with van der Waals surface area (Å²) in [5, 5.41) is 3.19. The number of piperidine rings is 1. The number of urea groups is 1. The lowest BCUT2D eigenvalue weighted by atomic mass is 9.89. The molecule has 170 valence electrons. The highest BCUT2D eigenvalue weighted by molar-refractivity contribution is 5.76. The predicted molar refractivity (Wildman–Crippen MR) is 131 cm³/mol. The number of likely N-dealkylation sites (tertiary alicyclic amines) is 1. The number of pyridine rings is 1. The highest BCUT2D eigenvalue weighted by Crippen LogP contribution is 2.36. The molecule has 1 N–H and O–H groups in total. The van der Waals surface area contributed by atoms with Crippen LogP contribution in [0.3, 0.4) is 0 Å². The zero-order valence-electron chi connectivity index (χ0n) is 19.3. The van der Waals surface area contributed by atoms with Crippen LogP contribution in [0.5, 0.6) is 0 Å². The van der Waals surface area contributed by atoms with Crippen molar-refractivity contribution >= 4 is 6.03 Å². The molecule has 0 aliphatic carbocycles. The van der Waals surface area contributed by atoms with Crippen LogP contribution in [0.2, 0.25) is 0 Å². The SMILES string of the molecule is Cc1cccc(CN2CCC(N3C(=O)NCCc4ccccc4C3c3ccccc3)CC2)n1. The minimum Gasteiger partial charge on any atom is -0.338 e. The second-order valence-electron chi connectivity index (χ2n) is 9.18. The average Bonchev–Trinajstić information content (AvgIpc) is 2.83. The molecule has 1 aromatic heterocycles. The van der Waals surface area contributed by atoms with Gasteiger partial charge in [-0.15, -0.1) is 0 Å². The van der Waals surface area contributed by atoms with Gasteiger partial charge in [0.1, 0.15) is 0 Å². The van der Waals surface area contributed by atoms with Crippen LogP contribution in [0.15, 0.2) is 72.8 Å². The molecule has 1 fully saturated rings. The second kappa shape index (κ2) is 9.75. The maximum atomic E-state index is 13.5. The number of fused-ring (bicyclic) bond motifs is 1. The zero-order valence-corrected chi connectivity index (χ0v) is 19.3. The van der Waals surface area contributed by atoms with Gasteiger partial charge in [0.25, 0.3) is 0 Å². The molecule has 3 heterocycles. The standard InChI is InChI=1S/C28H32N4O/c1-21-8-7-12-24(30-21)20-31-18-15-25(16-19-31)32-27(23-10-3-2-4-11-23)26-13-6-5-9-22(26)14-17-29-28(32)33/h2-13,25,27H,14-20H2,1H3,(H,29,33). The van der Waals surface area contributed by atoms with E-state index in [1.165, 1.54) is 16.7 Å². The van der Waals surface area contributed by atoms with Crippen LogP contribution in [-0.2, 0) is 13.0 Å². The van der Waals surface area contributed by atoms with Crippen LogP contribution < -0.4 is 5.32 Å². The Morgan fingerprint density at radius 2 is 1.70 bits per heavy atom. The molecule has 0 radical (unpaired) electrons. The van der Waals surface area contributed by atoms with Gasteiger partial charge < -0.3 is 10.2 Å². The first-order chi connectivity index (χ1) is 16.2. The number of aromatic nitrogens is 1. The number of amides is 2. The third-order valence-electron chi connectivity index (χ3n) is 6.93. The van der Waals surface area contributed by atoms with Gasteiger partial charge in [-0.25, -0.2) is 4.79 Å². The van der Waals surface area contributed by atoms with E-state index >= 15 is 0 Å². The van der Waals surface area contributed by atoms with Gasteiger partial charge in [0.05, 0.1) is 11.7 Å². The lowest BCUT2D eigenvalue weighted by Crippen LogP contribution is -2.53. The predicted octanol–water partition coefficient (Wildman–Crippen LogP) is 4.71. The number of aryl methyl sites for hydroxylation is 1. The van der Waals surface area contributed by atoms with Crippen LogP contribution in [0, 0.1) is 6.92 Å². The lowest BCUT2D eigenvalue weighted by molar-refractivity contribution is 0.0993. The third-order valence-corrected chi connectivity index (χ3v) is 6.93. The molecule has 0 bridgehead atoms. The molecule has 0 spiro atoms. The number of nitrogens with zero attached hydrogens (tertiary/aromatic N) is 3. The van der Waals surface area contributed by atoms with Gasteiger partial charge >= 0.3 is 6.03 Å². The van der Waals surface area contributed by atoms with Gasteiger partial charge in [0.15, 0.2) is 0 Å². The number of nitrogens with one attached hydrogen (secondary N) is 1. The first kappa shape index (κ1) is 21.7. The minimum absolute atomic E-state index is 0.0529. The molecule has 2 aliphatic heterocycles. The average molecular weight is 441 g/mol. The van der Waals surface area contributed by atoms with Crippen molar-refractivity contribution in [3.05, 3.63) is 101 Å². The second-order valence-corrected chi connectivity index (χ2v) is 9.18. The minimum atomic E-state index is -0.0716. The fourth-order valence-corrected chi connectivity index (χ4v) is 5.32. The first-order valence-electron chi connectivity index (χ1n) is 12.0. The van der Waals surface area contributed by atoms with E-state index < -0.39 is 0 Å². The Morgan fingerprint density at radius 3 is 2.48 bits per heavy atom. The van der Waals surface area contributed by atoms with Gasteiger partial charge in [0, 0.05) is 37.9 Å². The Labute approximate surface area is 196 Å². The van der Waals surface area contributed by atoms with E-state index in [4.69, 9.17) is 0 Å². The summed E-state index contributed by atoms with van der Waals surface area (Å²) in [5.41, 5.74) is 5.93. The van der Waals surface area contributed by atoms with Crippen LogP contribution in [0.4, 0.5) is 4.79 Å². The Morgan fingerprint density at radius 1 is 0.939 bits per heavy atom. The van der Waals surface area contributed by atoms with Crippen molar-refractivity contribution < 1.29 is 4.79 Å². The molecular formula is C28H32N4O. The van der Waals surface area contributed by atoms with Crippen molar-refractivity contribution in [1.29, 1.82) is 0 Å². The molecule has 2 aliphatic rings. The Hall–Kier alpha value is -3.18. The number of benzene rings is 2. The van der Waals surface area contributed by atoms with Crippen LogP contribution >= 0.6 is 0 Å². The van der Waals surface area contributed by atoms with Gasteiger partial charge in [-0.2, -0.15) is 0 Å². The summed E-state index contributed by atoms with van der Waals surface area (Å²) in [7, 11) is 0. The maximum Gasteiger partial charge on any atom is 0.318 e. The Bertz CT molecular complexity index is 1090. The molecular weight excluding hydrogens is 408 g/mol. The highest BCUT2D eigenvalue weighted by Gasteiger charge is 2.36. The Balaban J connectivity index is 1.41. The van der Waals surface area contributed by atoms with E-state index in [9.17, 15) is 4.79 Å². The van der Waals surface area contributed by atoms with Crippen molar-refractivity contribution in [1.82, 2.24) is 20.1 Å². The van der Waals surface area contributed by atoms with Gasteiger partial charge in [-0.05, 0) is 55.0 Å². The normalized spacial score (nSPS) is 20.0. The molecule has 3 aromatic rings. The fraction of sp³-hybridized carbons (Fsp3) is 0.357. The topological polar surface area (TPSA) is 48.5 Å². The zero-order chi connectivity index (χ0) is 22.6. The number of carbonyl (C=O) groups excluding carboxylic acids is 1. The summed E-state index contributed by atoms with van der Waals surface area (Å²) < 4.78 is 0. The summed E-state index contributed by atoms with van der Waals surface area (Å²) in [6, 6.07) is 25.5. The number of carbonyl (C=O) groups is 1. The van der Waals surface area contributed by atoms with E-state index in [2.05, 4.69) is 80.8 Å². The maximum absolute atomic E-state index is 13.5. The van der Waals surface area contributed by atoms with E-state index in [0.717, 1.165) is 50.3 Å². The molecule has 5 heteroatoms. The fourth-order valence-electron chi connectivity index (χ4n) is 5.32. The van der Waals surface area contributed by atoms with E-state index in [0.29, 0.717) is 6.54 Å². The van der Waals surface area contributed by atoms with Crippen molar-refractivity contribution in [2.24, 2.45) is 0 Å². The number of hydrogen-bond acceptors (Lipinski definition) is 3. The molecule has 5 rings (SSSR count). The molecule has 2 amide bonds. The smallest absolute Gasteiger partial charge is 0.318 e. The van der Waals surface area contributed by atoms with Crippen molar-refractivity contribution in [2.75, 3.05) is 19.6 Å². The van der Waals surface area contributed by atoms with E-state index in [1.807, 2.05) is 19.1 Å². The van der Waals surface area contributed by atoms with Gasteiger partial charge in [-0.1, -0.05) is 60.7 Å². The lowest BCUT2D eigenvalue weighted by Gasteiger charge is -2.44. The van der Waals surface area contributed by atoms with Crippen LogP contribution in [0.1, 0.15) is 47.0 Å². The summed E-state index contributed by atoms with van der Waals surface area (Å²) >= 11 is 0. The Kier molecular flexibility index (Phi) is 6.40. The first-order valence-corrected chi connectivity index (χ1v) is 12.0. The van der Waals surface area contributed by atoms with E-state index in [1.54, 1.807) is 0 Å². The van der Waals surface area contributed by atoms with Crippen LogP contribution in [0.25, 0.3) is 0 Å².